The predicted octanol–water partition coefficient (Wildman–Crippen LogP) is 3.44. The molecule has 1 aliphatic heterocycles. The fourth-order valence-electron chi connectivity index (χ4n) is 3.62. The zero-order chi connectivity index (χ0) is 17.8. The zero-order valence-electron chi connectivity index (χ0n) is 15.4. The molecule has 0 N–H and O–H groups in total. The molecule has 0 bridgehead atoms. The third-order valence-corrected chi connectivity index (χ3v) is 5.27. The van der Waals surface area contributed by atoms with E-state index in [9.17, 15) is 4.79 Å². The van der Waals surface area contributed by atoms with Gasteiger partial charge < -0.3 is 9.47 Å². The van der Waals surface area contributed by atoms with Gasteiger partial charge in [-0.05, 0) is 45.1 Å². The van der Waals surface area contributed by atoms with Crippen LogP contribution in [0.2, 0.25) is 0 Å². The van der Waals surface area contributed by atoms with Crippen molar-refractivity contribution in [1.29, 1.82) is 0 Å². The number of hydrogen-bond acceptors (Lipinski definition) is 3. The molecule has 1 aromatic heterocycles. The van der Waals surface area contributed by atoms with Crippen LogP contribution in [0.5, 0.6) is 0 Å². The van der Waals surface area contributed by atoms with Crippen LogP contribution in [0.25, 0.3) is 0 Å². The monoisotopic (exact) mass is 340 g/mol. The van der Waals surface area contributed by atoms with Crippen molar-refractivity contribution >= 4 is 5.91 Å². The van der Waals surface area contributed by atoms with Crippen molar-refractivity contribution in [2.24, 2.45) is 5.92 Å². The first-order chi connectivity index (χ1) is 12.1. The van der Waals surface area contributed by atoms with E-state index in [4.69, 9.17) is 0 Å². The number of carbonyl (C=O) groups is 1. The second-order valence-corrected chi connectivity index (χ2v) is 7.35. The summed E-state index contributed by atoms with van der Waals surface area (Å²) in [7, 11) is 0. The Bertz CT molecular complexity index is 687. The normalized spacial score (nSPS) is 17.0. The van der Waals surface area contributed by atoms with Crippen LogP contribution in [-0.2, 0) is 11.2 Å². The van der Waals surface area contributed by atoms with Crippen molar-refractivity contribution < 1.29 is 4.79 Å². The highest BCUT2D eigenvalue weighted by molar-refractivity contribution is 5.83. The van der Waals surface area contributed by atoms with Gasteiger partial charge in [-0.2, -0.15) is 0 Å². The average molecular weight is 340 g/mol. The van der Waals surface area contributed by atoms with Gasteiger partial charge in [0.1, 0.15) is 12.2 Å². The van der Waals surface area contributed by atoms with Gasteiger partial charge in [-0.25, -0.2) is 0 Å². The fraction of sp³-hybridized carbons (Fsp3) is 0.550. The van der Waals surface area contributed by atoms with E-state index >= 15 is 0 Å². The first kappa shape index (κ1) is 17.6. The molecule has 1 atom stereocenters. The Morgan fingerprint density at radius 2 is 1.84 bits per heavy atom. The number of carbonyl (C=O) groups excluding carboxylic acids is 1. The molecule has 5 nitrogen and oxygen atoms in total. The minimum absolute atomic E-state index is 0.0678. The van der Waals surface area contributed by atoms with Crippen molar-refractivity contribution in [1.82, 2.24) is 19.7 Å². The van der Waals surface area contributed by atoms with E-state index in [1.807, 2.05) is 48.5 Å². The average Bonchev–Trinajstić information content (AvgIpc) is 3.10. The predicted molar refractivity (Wildman–Crippen MR) is 98.3 cm³/mol. The van der Waals surface area contributed by atoms with Crippen LogP contribution < -0.4 is 0 Å². The summed E-state index contributed by atoms with van der Waals surface area (Å²) in [5, 5.41) is 8.34. The molecule has 1 saturated heterocycles. The highest BCUT2D eigenvalue weighted by Gasteiger charge is 2.27. The molecular formula is C20H28N4O. The molecule has 1 aliphatic rings. The lowest BCUT2D eigenvalue weighted by Gasteiger charge is -2.33. The summed E-state index contributed by atoms with van der Waals surface area (Å²) >= 11 is 0. The Labute approximate surface area is 150 Å². The van der Waals surface area contributed by atoms with Crippen molar-refractivity contribution in [2.45, 2.75) is 52.0 Å². The minimum atomic E-state index is -0.0678. The van der Waals surface area contributed by atoms with Gasteiger partial charge in [0, 0.05) is 25.6 Å². The molecule has 2 aromatic rings. The number of piperidine rings is 1. The van der Waals surface area contributed by atoms with Gasteiger partial charge in [0.25, 0.3) is 0 Å². The third-order valence-electron chi connectivity index (χ3n) is 5.27. The van der Waals surface area contributed by atoms with Gasteiger partial charge >= 0.3 is 0 Å². The lowest BCUT2D eigenvalue weighted by atomic mass is 9.91. The van der Waals surface area contributed by atoms with Crippen LogP contribution in [0.4, 0.5) is 0 Å². The van der Waals surface area contributed by atoms with E-state index in [2.05, 4.69) is 28.6 Å². The molecule has 25 heavy (non-hydrogen) atoms. The van der Waals surface area contributed by atoms with E-state index in [1.165, 1.54) is 0 Å². The number of amides is 1. The maximum Gasteiger partial charge on any atom is 0.229 e. The Morgan fingerprint density at radius 3 is 2.48 bits per heavy atom. The summed E-state index contributed by atoms with van der Waals surface area (Å²) in [5.41, 5.74) is 1.10. The Morgan fingerprint density at radius 1 is 1.16 bits per heavy atom. The van der Waals surface area contributed by atoms with Crippen LogP contribution in [0.1, 0.15) is 57.0 Å². The van der Waals surface area contributed by atoms with Crippen LogP contribution in [0.15, 0.2) is 36.7 Å². The van der Waals surface area contributed by atoms with Crippen LogP contribution >= 0.6 is 0 Å². The molecule has 1 aromatic carbocycles. The second-order valence-electron chi connectivity index (χ2n) is 7.35. The molecule has 5 heteroatoms. The Balaban J connectivity index is 1.55. The molecular weight excluding hydrogens is 312 g/mol. The zero-order valence-corrected chi connectivity index (χ0v) is 15.4. The third kappa shape index (κ3) is 4.09. The molecule has 0 radical (unpaired) electrons. The molecule has 0 saturated carbocycles. The SMILES string of the molecule is CC(C(=O)N1CCC(Cc2nncn2C(C)C)CC1)c1ccccc1. The molecule has 0 spiro atoms. The number of nitrogens with zero attached hydrogens (tertiary/aromatic N) is 4. The maximum atomic E-state index is 12.8. The quantitative estimate of drug-likeness (QED) is 0.838. The fourth-order valence-corrected chi connectivity index (χ4v) is 3.62. The smallest absolute Gasteiger partial charge is 0.229 e. The second kappa shape index (κ2) is 7.81. The van der Waals surface area contributed by atoms with Crippen molar-refractivity contribution in [3.63, 3.8) is 0 Å². The van der Waals surface area contributed by atoms with Crippen LogP contribution in [0, 0.1) is 5.92 Å². The lowest BCUT2D eigenvalue weighted by molar-refractivity contribution is -0.133. The number of benzene rings is 1. The first-order valence-electron chi connectivity index (χ1n) is 9.28. The number of hydrogen-bond donors (Lipinski definition) is 0. The summed E-state index contributed by atoms with van der Waals surface area (Å²) < 4.78 is 2.15. The number of aromatic nitrogens is 3. The van der Waals surface area contributed by atoms with E-state index in [1.54, 1.807) is 0 Å². The van der Waals surface area contributed by atoms with E-state index in [0.717, 1.165) is 43.7 Å². The van der Waals surface area contributed by atoms with Gasteiger partial charge in [0.15, 0.2) is 0 Å². The molecule has 3 rings (SSSR count). The van der Waals surface area contributed by atoms with Gasteiger partial charge in [0.05, 0.1) is 5.92 Å². The van der Waals surface area contributed by atoms with Crippen molar-refractivity contribution in [2.75, 3.05) is 13.1 Å². The summed E-state index contributed by atoms with van der Waals surface area (Å²) in [6.07, 6.45) is 4.85. The summed E-state index contributed by atoms with van der Waals surface area (Å²) in [6.45, 7) is 8.00. The minimum Gasteiger partial charge on any atom is -0.342 e. The highest BCUT2D eigenvalue weighted by Crippen LogP contribution is 2.25. The van der Waals surface area contributed by atoms with Gasteiger partial charge in [-0.3, -0.25) is 4.79 Å². The molecule has 1 unspecified atom stereocenters. The molecule has 1 amide bonds. The van der Waals surface area contributed by atoms with Gasteiger partial charge in [-0.1, -0.05) is 30.3 Å². The van der Waals surface area contributed by atoms with Crippen LogP contribution in [-0.4, -0.2) is 38.7 Å². The lowest BCUT2D eigenvalue weighted by Crippen LogP contribution is -2.41. The number of rotatable bonds is 5. The molecule has 0 aliphatic carbocycles. The summed E-state index contributed by atoms with van der Waals surface area (Å²) in [5.74, 6) is 1.83. The maximum absolute atomic E-state index is 12.8. The van der Waals surface area contributed by atoms with Gasteiger partial charge in [-0.15, -0.1) is 10.2 Å². The molecule has 2 heterocycles. The van der Waals surface area contributed by atoms with E-state index in [0.29, 0.717) is 12.0 Å². The summed E-state index contributed by atoms with van der Waals surface area (Å²) in [4.78, 5) is 14.8. The standard InChI is InChI=1S/C20H28N4O/c1-15(2)24-14-21-22-19(24)13-17-9-11-23(12-10-17)20(25)16(3)18-7-5-4-6-8-18/h4-8,14-17H,9-13H2,1-3H3. The first-order valence-corrected chi connectivity index (χ1v) is 9.28. The Hall–Kier alpha value is -2.17. The van der Waals surface area contributed by atoms with Crippen molar-refractivity contribution in [3.05, 3.63) is 48.0 Å². The van der Waals surface area contributed by atoms with Crippen LogP contribution in [0.3, 0.4) is 0 Å². The van der Waals surface area contributed by atoms with Gasteiger partial charge in [0.2, 0.25) is 5.91 Å². The topological polar surface area (TPSA) is 51.0 Å². The Kier molecular flexibility index (Phi) is 5.51. The number of likely N-dealkylation sites (tertiary alicyclic amines) is 1. The molecule has 134 valence electrons. The van der Waals surface area contributed by atoms with E-state index < -0.39 is 0 Å². The molecule has 1 fully saturated rings. The summed E-state index contributed by atoms with van der Waals surface area (Å²) in [6, 6.07) is 10.4. The van der Waals surface area contributed by atoms with E-state index in [-0.39, 0.29) is 11.8 Å². The largest absolute Gasteiger partial charge is 0.342 e. The van der Waals surface area contributed by atoms with Crippen molar-refractivity contribution in [3.8, 4) is 0 Å². The highest BCUT2D eigenvalue weighted by atomic mass is 16.2.